The van der Waals surface area contributed by atoms with Crippen molar-refractivity contribution in [3.05, 3.63) is 41.0 Å². The molecule has 0 nitrogen and oxygen atoms in total. The Balaban J connectivity index is 2.95. The summed E-state index contributed by atoms with van der Waals surface area (Å²) in [4.78, 5) is 0. The molecule has 1 aromatic carbocycles. The summed E-state index contributed by atoms with van der Waals surface area (Å²) in [5, 5.41) is 1.04. The van der Waals surface area contributed by atoms with Crippen molar-refractivity contribution in [2.24, 2.45) is 0 Å². The van der Waals surface area contributed by atoms with Crippen LogP contribution in [0.25, 0.3) is 5.57 Å². The molecule has 0 atom stereocenters. The Morgan fingerprint density at radius 1 is 1.36 bits per heavy atom. The Morgan fingerprint density at radius 3 is 2.64 bits per heavy atom. The van der Waals surface area contributed by atoms with E-state index in [0.717, 1.165) is 11.8 Å². The van der Waals surface area contributed by atoms with E-state index in [1.807, 2.05) is 0 Å². The van der Waals surface area contributed by atoms with E-state index in [1.54, 1.807) is 0 Å². The molecule has 0 bridgehead atoms. The first-order valence-electron chi connectivity index (χ1n) is 4.95. The van der Waals surface area contributed by atoms with Crippen LogP contribution in [0.2, 0.25) is 0 Å². The van der Waals surface area contributed by atoms with Crippen LogP contribution < -0.4 is 0 Å². The molecule has 0 unspecified atom stereocenters. The SMILES string of the molecule is C/C(=C\CCBr)c1ccc(C)cc1C. The zero-order valence-electron chi connectivity index (χ0n) is 9.10. The Morgan fingerprint density at radius 2 is 2.07 bits per heavy atom. The van der Waals surface area contributed by atoms with E-state index < -0.39 is 0 Å². The van der Waals surface area contributed by atoms with Gasteiger partial charge in [-0.15, -0.1) is 0 Å². The van der Waals surface area contributed by atoms with Gasteiger partial charge in [0.2, 0.25) is 0 Å². The van der Waals surface area contributed by atoms with Gasteiger partial charge in [-0.2, -0.15) is 0 Å². The minimum atomic E-state index is 1.04. The average molecular weight is 253 g/mol. The number of benzene rings is 1. The number of hydrogen-bond donors (Lipinski definition) is 0. The van der Waals surface area contributed by atoms with Gasteiger partial charge in [0.1, 0.15) is 0 Å². The monoisotopic (exact) mass is 252 g/mol. The second kappa shape index (κ2) is 5.35. The molecule has 0 saturated carbocycles. The van der Waals surface area contributed by atoms with Crippen molar-refractivity contribution in [3.8, 4) is 0 Å². The van der Waals surface area contributed by atoms with Crippen LogP contribution in [0.5, 0.6) is 0 Å². The van der Waals surface area contributed by atoms with Gasteiger partial charge in [-0.1, -0.05) is 45.8 Å². The number of alkyl halides is 1. The van der Waals surface area contributed by atoms with E-state index in [2.05, 4.69) is 61.0 Å². The smallest absolute Gasteiger partial charge is 0.00661 e. The number of allylic oxidation sites excluding steroid dienone is 2. The standard InChI is InChI=1S/C13H17Br/c1-10-6-7-13(12(3)9-10)11(2)5-4-8-14/h5-7,9H,4,8H2,1-3H3/b11-5+. The summed E-state index contributed by atoms with van der Waals surface area (Å²) in [6.07, 6.45) is 3.38. The number of hydrogen-bond acceptors (Lipinski definition) is 0. The topological polar surface area (TPSA) is 0 Å². The van der Waals surface area contributed by atoms with Gasteiger partial charge in [0, 0.05) is 5.33 Å². The van der Waals surface area contributed by atoms with Crippen molar-refractivity contribution in [2.75, 3.05) is 5.33 Å². The van der Waals surface area contributed by atoms with Gasteiger partial charge >= 0.3 is 0 Å². The maximum Gasteiger partial charge on any atom is 0.00661 e. The quantitative estimate of drug-likeness (QED) is 0.696. The van der Waals surface area contributed by atoms with Crippen LogP contribution in [-0.2, 0) is 0 Å². The normalized spacial score (nSPS) is 11.9. The van der Waals surface area contributed by atoms with Gasteiger partial charge in [0.05, 0.1) is 0 Å². The average Bonchev–Trinajstić information content (AvgIpc) is 2.14. The lowest BCUT2D eigenvalue weighted by molar-refractivity contribution is 1.25. The Bertz CT molecular complexity index is 337. The molecule has 0 aliphatic carbocycles. The highest BCUT2D eigenvalue weighted by Gasteiger charge is 1.99. The molecule has 0 amide bonds. The molecule has 0 heterocycles. The van der Waals surface area contributed by atoms with Crippen LogP contribution in [0.15, 0.2) is 24.3 Å². The molecular formula is C13H17Br. The molecule has 0 N–H and O–H groups in total. The number of halogens is 1. The largest absolute Gasteiger partial charge is 0.0925 e. The summed E-state index contributed by atoms with van der Waals surface area (Å²) >= 11 is 3.44. The van der Waals surface area contributed by atoms with Gasteiger partial charge < -0.3 is 0 Å². The minimum absolute atomic E-state index is 1.04. The van der Waals surface area contributed by atoms with Crippen molar-refractivity contribution in [1.29, 1.82) is 0 Å². The molecule has 1 aromatic rings. The Hall–Kier alpha value is -0.560. The lowest BCUT2D eigenvalue weighted by atomic mass is 9.99. The summed E-state index contributed by atoms with van der Waals surface area (Å²) < 4.78 is 0. The fourth-order valence-corrected chi connectivity index (χ4v) is 1.87. The summed E-state index contributed by atoms with van der Waals surface area (Å²) in [6.45, 7) is 6.49. The van der Waals surface area contributed by atoms with Crippen molar-refractivity contribution >= 4 is 21.5 Å². The highest BCUT2D eigenvalue weighted by atomic mass is 79.9. The predicted molar refractivity (Wildman–Crippen MR) is 68.0 cm³/mol. The molecule has 0 spiro atoms. The highest BCUT2D eigenvalue weighted by molar-refractivity contribution is 9.09. The third kappa shape index (κ3) is 2.98. The maximum absolute atomic E-state index is 3.44. The lowest BCUT2D eigenvalue weighted by Crippen LogP contribution is -1.87. The third-order valence-corrected chi connectivity index (χ3v) is 2.82. The molecule has 0 aliphatic rings. The molecule has 14 heavy (non-hydrogen) atoms. The number of rotatable bonds is 3. The van der Waals surface area contributed by atoms with Crippen LogP contribution in [0.4, 0.5) is 0 Å². The minimum Gasteiger partial charge on any atom is -0.0925 e. The summed E-state index contributed by atoms with van der Waals surface area (Å²) in [7, 11) is 0. The molecule has 0 aromatic heterocycles. The first kappa shape index (κ1) is 11.5. The molecule has 0 fully saturated rings. The first-order valence-corrected chi connectivity index (χ1v) is 6.07. The molecular weight excluding hydrogens is 236 g/mol. The van der Waals surface area contributed by atoms with E-state index in [9.17, 15) is 0 Å². The summed E-state index contributed by atoms with van der Waals surface area (Å²) in [6, 6.07) is 6.62. The van der Waals surface area contributed by atoms with Crippen LogP contribution >= 0.6 is 15.9 Å². The molecule has 0 radical (unpaired) electrons. The van der Waals surface area contributed by atoms with Crippen LogP contribution in [0.1, 0.15) is 30.0 Å². The molecule has 76 valence electrons. The van der Waals surface area contributed by atoms with Crippen molar-refractivity contribution < 1.29 is 0 Å². The van der Waals surface area contributed by atoms with Gasteiger partial charge in [-0.25, -0.2) is 0 Å². The van der Waals surface area contributed by atoms with Gasteiger partial charge in [0.15, 0.2) is 0 Å². The fourth-order valence-electron chi connectivity index (χ4n) is 1.64. The van der Waals surface area contributed by atoms with Crippen molar-refractivity contribution in [2.45, 2.75) is 27.2 Å². The second-order valence-corrected chi connectivity index (χ2v) is 4.48. The Labute approximate surface area is 95.2 Å². The highest BCUT2D eigenvalue weighted by Crippen LogP contribution is 2.20. The zero-order valence-corrected chi connectivity index (χ0v) is 10.7. The van der Waals surface area contributed by atoms with E-state index in [0.29, 0.717) is 0 Å². The van der Waals surface area contributed by atoms with Crippen LogP contribution in [0, 0.1) is 13.8 Å². The zero-order chi connectivity index (χ0) is 10.6. The van der Waals surface area contributed by atoms with Crippen LogP contribution in [-0.4, -0.2) is 5.33 Å². The fraction of sp³-hybridized carbons (Fsp3) is 0.385. The van der Waals surface area contributed by atoms with Gasteiger partial charge in [-0.05, 0) is 43.9 Å². The lowest BCUT2D eigenvalue weighted by Gasteiger charge is -2.07. The second-order valence-electron chi connectivity index (χ2n) is 3.68. The molecule has 0 saturated heterocycles. The predicted octanol–water partition coefficient (Wildman–Crippen LogP) is 4.49. The van der Waals surface area contributed by atoms with Crippen molar-refractivity contribution in [3.63, 3.8) is 0 Å². The van der Waals surface area contributed by atoms with Gasteiger partial charge in [-0.3, -0.25) is 0 Å². The third-order valence-electron chi connectivity index (χ3n) is 2.37. The molecule has 1 heteroatoms. The van der Waals surface area contributed by atoms with Crippen molar-refractivity contribution in [1.82, 2.24) is 0 Å². The van der Waals surface area contributed by atoms with E-state index >= 15 is 0 Å². The van der Waals surface area contributed by atoms with E-state index in [1.165, 1.54) is 22.3 Å². The van der Waals surface area contributed by atoms with Crippen LogP contribution in [0.3, 0.4) is 0 Å². The number of aryl methyl sites for hydroxylation is 2. The summed E-state index contributed by atoms with van der Waals surface area (Å²) in [5.41, 5.74) is 5.45. The molecule has 0 aliphatic heterocycles. The first-order chi connectivity index (χ1) is 6.65. The maximum atomic E-state index is 3.44. The molecule has 1 rings (SSSR count). The Kier molecular flexibility index (Phi) is 4.40. The summed E-state index contributed by atoms with van der Waals surface area (Å²) in [5.74, 6) is 0. The van der Waals surface area contributed by atoms with E-state index in [-0.39, 0.29) is 0 Å². The van der Waals surface area contributed by atoms with Gasteiger partial charge in [0.25, 0.3) is 0 Å². The van der Waals surface area contributed by atoms with E-state index in [4.69, 9.17) is 0 Å².